The fourth-order valence-corrected chi connectivity index (χ4v) is 3.70. The van der Waals surface area contributed by atoms with E-state index in [1.165, 1.54) is 0 Å². The van der Waals surface area contributed by atoms with Gasteiger partial charge in [0.15, 0.2) is 22.7 Å². The van der Waals surface area contributed by atoms with E-state index in [0.717, 1.165) is 0 Å². The van der Waals surface area contributed by atoms with Crippen molar-refractivity contribution in [2.24, 2.45) is 0 Å². The van der Waals surface area contributed by atoms with Crippen molar-refractivity contribution >= 4 is 0 Å². The lowest BCUT2D eigenvalue weighted by molar-refractivity contribution is -0.216. The molecule has 1 aliphatic carbocycles. The highest BCUT2D eigenvalue weighted by Gasteiger charge is 2.68. The molecule has 0 aromatic carbocycles. The van der Waals surface area contributed by atoms with Crippen LogP contribution in [0.15, 0.2) is 23.0 Å². The van der Waals surface area contributed by atoms with Crippen molar-refractivity contribution in [1.82, 2.24) is 0 Å². The zero-order chi connectivity index (χ0) is 18.2. The van der Waals surface area contributed by atoms with Gasteiger partial charge in [0.25, 0.3) is 0 Å². The predicted molar refractivity (Wildman–Crippen MR) is 85.5 cm³/mol. The Bertz CT molecular complexity index is 689. The Morgan fingerprint density at radius 1 is 0.962 bits per heavy atom. The molecule has 5 rings (SSSR count). The molecule has 0 spiro atoms. The number of epoxide rings is 2. The Morgan fingerprint density at radius 2 is 1.65 bits per heavy atom. The molecule has 4 atom stereocenters. The Hall–Kier alpha value is -1.48. The summed E-state index contributed by atoms with van der Waals surface area (Å²) in [6.45, 7) is 9.97. The van der Waals surface area contributed by atoms with Crippen LogP contribution in [0.1, 0.15) is 27.7 Å². The third-order valence-electron chi connectivity index (χ3n) is 5.38. The number of fused-ring (bicyclic) bond motifs is 1. The lowest BCUT2D eigenvalue weighted by atomic mass is 9.77. The number of ether oxygens (including phenoxy) is 8. The highest BCUT2D eigenvalue weighted by atomic mass is 16.8. The molecule has 0 aromatic heterocycles. The van der Waals surface area contributed by atoms with E-state index < -0.39 is 17.0 Å². The number of hydrogen-bond donors (Lipinski definition) is 0. The first kappa shape index (κ1) is 16.7. The lowest BCUT2D eigenvalue weighted by Gasteiger charge is -2.44. The fraction of sp³-hybridized carbons (Fsp3) is 0.778. The van der Waals surface area contributed by atoms with Crippen molar-refractivity contribution in [2.45, 2.75) is 56.9 Å². The van der Waals surface area contributed by atoms with Crippen LogP contribution in [-0.2, 0) is 37.9 Å². The SMILES string of the molecule is CC1(C)OC2=C(OCC3CO3)C3=C(OCO3)C(C)(OCC3CO3)C2(C)O1. The monoisotopic (exact) mass is 368 g/mol. The molecule has 0 amide bonds. The van der Waals surface area contributed by atoms with Crippen LogP contribution >= 0.6 is 0 Å². The summed E-state index contributed by atoms with van der Waals surface area (Å²) in [4.78, 5) is 0. The van der Waals surface area contributed by atoms with Crippen molar-refractivity contribution in [3.8, 4) is 0 Å². The molecule has 0 N–H and O–H groups in total. The Labute approximate surface area is 151 Å². The van der Waals surface area contributed by atoms with Gasteiger partial charge < -0.3 is 37.9 Å². The highest BCUT2D eigenvalue weighted by molar-refractivity contribution is 5.46. The van der Waals surface area contributed by atoms with Gasteiger partial charge in [-0.3, -0.25) is 0 Å². The first-order valence-corrected chi connectivity index (χ1v) is 8.97. The van der Waals surface area contributed by atoms with Crippen molar-refractivity contribution in [3.05, 3.63) is 23.0 Å². The fourth-order valence-electron chi connectivity index (χ4n) is 3.70. The predicted octanol–water partition coefficient (Wildman–Crippen LogP) is 1.56. The van der Waals surface area contributed by atoms with Gasteiger partial charge in [-0.1, -0.05) is 0 Å². The summed E-state index contributed by atoms with van der Waals surface area (Å²) < 4.78 is 47.0. The first-order chi connectivity index (χ1) is 12.3. The van der Waals surface area contributed by atoms with E-state index in [9.17, 15) is 0 Å². The van der Waals surface area contributed by atoms with E-state index in [1.807, 2.05) is 27.7 Å². The topological polar surface area (TPSA) is 80.4 Å². The van der Waals surface area contributed by atoms with E-state index in [4.69, 9.17) is 37.9 Å². The number of hydrogen-bond acceptors (Lipinski definition) is 8. The molecule has 0 radical (unpaired) electrons. The van der Waals surface area contributed by atoms with Crippen molar-refractivity contribution < 1.29 is 37.9 Å². The standard InChI is InChI=1S/C18H24O8/c1-16(2)25-15-13(21-7-10-5-19-10)12-14(23-9-22-12)17(3,18(15,4)26-16)24-8-11-6-20-11/h10-11H,5-9H2,1-4H3. The van der Waals surface area contributed by atoms with E-state index in [0.29, 0.717) is 49.5 Å². The zero-order valence-corrected chi connectivity index (χ0v) is 15.5. The molecule has 3 fully saturated rings. The van der Waals surface area contributed by atoms with Gasteiger partial charge in [-0.2, -0.15) is 0 Å². The molecule has 4 unspecified atom stereocenters. The second-order valence-corrected chi connectivity index (χ2v) is 7.93. The molecule has 8 heteroatoms. The molecule has 144 valence electrons. The van der Waals surface area contributed by atoms with Crippen molar-refractivity contribution in [3.63, 3.8) is 0 Å². The summed E-state index contributed by atoms with van der Waals surface area (Å²) in [5, 5.41) is 0. The maximum atomic E-state index is 6.34. The van der Waals surface area contributed by atoms with Crippen LogP contribution in [0.3, 0.4) is 0 Å². The third-order valence-corrected chi connectivity index (χ3v) is 5.38. The van der Waals surface area contributed by atoms with Gasteiger partial charge >= 0.3 is 0 Å². The Balaban J connectivity index is 1.57. The molecular formula is C18H24O8. The molecule has 26 heavy (non-hydrogen) atoms. The largest absolute Gasteiger partial charge is 0.484 e. The maximum Gasteiger partial charge on any atom is 0.231 e. The minimum atomic E-state index is -0.934. The molecule has 3 saturated heterocycles. The molecule has 0 saturated carbocycles. The zero-order valence-electron chi connectivity index (χ0n) is 15.5. The van der Waals surface area contributed by atoms with E-state index >= 15 is 0 Å². The van der Waals surface area contributed by atoms with Crippen LogP contribution < -0.4 is 0 Å². The van der Waals surface area contributed by atoms with Crippen molar-refractivity contribution in [1.29, 1.82) is 0 Å². The second kappa shape index (κ2) is 5.28. The summed E-state index contributed by atoms with van der Waals surface area (Å²) in [5.41, 5.74) is -1.87. The summed E-state index contributed by atoms with van der Waals surface area (Å²) in [7, 11) is 0. The van der Waals surface area contributed by atoms with E-state index in [-0.39, 0.29) is 19.0 Å². The lowest BCUT2D eigenvalue weighted by Crippen LogP contribution is -2.57. The van der Waals surface area contributed by atoms with Crippen LogP contribution in [0.4, 0.5) is 0 Å². The van der Waals surface area contributed by atoms with Gasteiger partial charge in [-0.15, -0.1) is 0 Å². The summed E-state index contributed by atoms with van der Waals surface area (Å²) in [6.07, 6.45) is 0.210. The molecule has 0 aromatic rings. The minimum absolute atomic E-state index is 0.100. The van der Waals surface area contributed by atoms with Gasteiger partial charge in [0.1, 0.15) is 18.8 Å². The molecular weight excluding hydrogens is 344 g/mol. The van der Waals surface area contributed by atoms with E-state index in [1.54, 1.807) is 0 Å². The summed E-state index contributed by atoms with van der Waals surface area (Å²) >= 11 is 0. The van der Waals surface area contributed by atoms with Gasteiger partial charge in [-0.05, 0) is 13.8 Å². The highest BCUT2D eigenvalue weighted by Crippen LogP contribution is 2.57. The molecule has 4 aliphatic heterocycles. The van der Waals surface area contributed by atoms with Crippen LogP contribution in [0, 0.1) is 0 Å². The smallest absolute Gasteiger partial charge is 0.231 e. The van der Waals surface area contributed by atoms with Gasteiger partial charge in [0.2, 0.25) is 24.1 Å². The van der Waals surface area contributed by atoms with E-state index in [2.05, 4.69) is 0 Å². The molecule has 4 heterocycles. The quantitative estimate of drug-likeness (QED) is 0.654. The van der Waals surface area contributed by atoms with Gasteiger partial charge in [0, 0.05) is 13.8 Å². The molecule has 0 bridgehead atoms. The van der Waals surface area contributed by atoms with Crippen LogP contribution in [-0.4, -0.2) is 62.4 Å². The molecule has 5 aliphatic rings. The summed E-state index contributed by atoms with van der Waals surface area (Å²) in [6, 6.07) is 0. The molecule has 8 nitrogen and oxygen atoms in total. The van der Waals surface area contributed by atoms with Crippen LogP contribution in [0.5, 0.6) is 0 Å². The average molecular weight is 368 g/mol. The van der Waals surface area contributed by atoms with Crippen molar-refractivity contribution in [2.75, 3.05) is 33.2 Å². The van der Waals surface area contributed by atoms with Gasteiger partial charge in [0.05, 0.1) is 19.8 Å². The summed E-state index contributed by atoms with van der Waals surface area (Å²) in [5.74, 6) is 1.31. The van der Waals surface area contributed by atoms with Gasteiger partial charge in [-0.25, -0.2) is 0 Å². The minimum Gasteiger partial charge on any atom is -0.484 e. The first-order valence-electron chi connectivity index (χ1n) is 8.97. The van der Waals surface area contributed by atoms with Crippen LogP contribution in [0.25, 0.3) is 0 Å². The maximum absolute atomic E-state index is 6.34. The van der Waals surface area contributed by atoms with Crippen LogP contribution in [0.2, 0.25) is 0 Å². The average Bonchev–Trinajstić information content (AvgIpc) is 3.48. The number of rotatable bonds is 6. The normalized spacial score (nSPS) is 41.8. The third kappa shape index (κ3) is 2.43. The second-order valence-electron chi connectivity index (χ2n) is 7.93. The Morgan fingerprint density at radius 3 is 2.35 bits per heavy atom. The Kier molecular flexibility index (Phi) is 3.39.